The highest BCUT2D eigenvalue weighted by Crippen LogP contribution is 2.39. The molecule has 2 atom stereocenters. The molecule has 0 spiro atoms. The number of hydrogen-bond acceptors (Lipinski definition) is 6. The molecule has 1 aliphatic heterocycles. The zero-order chi connectivity index (χ0) is 28.9. The van der Waals surface area contributed by atoms with Gasteiger partial charge in [-0.1, -0.05) is 42.8 Å². The summed E-state index contributed by atoms with van der Waals surface area (Å²) in [6, 6.07) is 8.29. The van der Waals surface area contributed by atoms with Gasteiger partial charge in [-0.05, 0) is 35.9 Å². The van der Waals surface area contributed by atoms with E-state index in [2.05, 4.69) is 10.1 Å². The van der Waals surface area contributed by atoms with Gasteiger partial charge in [0.2, 0.25) is 0 Å². The van der Waals surface area contributed by atoms with E-state index in [1.54, 1.807) is 6.92 Å². The van der Waals surface area contributed by atoms with Crippen LogP contribution in [0.4, 0.5) is 22.0 Å². The molecule has 40 heavy (non-hydrogen) atoms. The smallest absolute Gasteiger partial charge is 0.382 e. The van der Waals surface area contributed by atoms with Gasteiger partial charge in [-0.3, -0.25) is 0 Å². The van der Waals surface area contributed by atoms with Gasteiger partial charge in [-0.25, -0.2) is 18.4 Å². The van der Waals surface area contributed by atoms with Crippen LogP contribution in [0.2, 0.25) is 5.02 Å². The van der Waals surface area contributed by atoms with E-state index in [9.17, 15) is 27.1 Å². The molecule has 0 amide bonds. The van der Waals surface area contributed by atoms with Gasteiger partial charge in [0.05, 0.1) is 30.6 Å². The summed E-state index contributed by atoms with van der Waals surface area (Å²) in [5, 5.41) is 15.0. The van der Waals surface area contributed by atoms with Gasteiger partial charge >= 0.3 is 6.18 Å². The predicted octanol–water partition coefficient (Wildman–Crippen LogP) is 6.16. The van der Waals surface area contributed by atoms with Crippen molar-refractivity contribution in [2.24, 2.45) is 0 Å². The Bertz CT molecular complexity index is 1330. The monoisotopic (exact) mass is 601 g/mol. The number of benzene rings is 2. The molecule has 3 aromatic rings. The summed E-state index contributed by atoms with van der Waals surface area (Å²) in [5.41, 5.74) is -2.78. The topological polar surface area (TPSA) is 69.4 Å². The largest absolute Gasteiger partial charge is 0.416 e. The number of ether oxygens (including phenoxy) is 2. The van der Waals surface area contributed by atoms with E-state index in [-0.39, 0.29) is 36.1 Å². The lowest BCUT2D eigenvalue weighted by atomic mass is 9.90. The van der Waals surface area contributed by atoms with Crippen molar-refractivity contribution in [2.75, 3.05) is 13.2 Å². The number of allylic oxidation sites excluding steroid dienone is 3. The van der Waals surface area contributed by atoms with Crippen molar-refractivity contribution in [1.82, 2.24) is 14.8 Å². The van der Waals surface area contributed by atoms with Gasteiger partial charge in [-0.15, -0.1) is 11.8 Å². The first-order valence-electron chi connectivity index (χ1n) is 12.1. The maximum Gasteiger partial charge on any atom is 0.416 e. The molecule has 1 saturated heterocycles. The van der Waals surface area contributed by atoms with Gasteiger partial charge in [-0.2, -0.15) is 18.3 Å². The van der Waals surface area contributed by atoms with Gasteiger partial charge in [0.25, 0.3) is 0 Å². The average molecular weight is 602 g/mol. The molecule has 0 radical (unpaired) electrons. The standard InChI is InChI=1S/C27H25ClF5N3O3S/c1-17(26(37,14-36-16-34-15-35-36)23-10-9-20(29)11-24(23)30)40-21-12-38-25(39-13-21)4-2-3-22(27(31,32)33)18-5-7-19(28)8-6-18/h2-11,15-17,21,25,37H,12-14H2,1H3/t17-,21?,25?,26-/m1/s1. The van der Waals surface area contributed by atoms with Crippen LogP contribution in [-0.2, 0) is 21.6 Å². The fraction of sp³-hybridized carbons (Fsp3) is 0.333. The van der Waals surface area contributed by atoms with Gasteiger partial charge in [0.15, 0.2) is 6.29 Å². The third kappa shape index (κ3) is 7.49. The average Bonchev–Trinajstić information content (AvgIpc) is 3.40. The van der Waals surface area contributed by atoms with Crippen molar-refractivity contribution in [1.29, 1.82) is 0 Å². The Labute approximate surface area is 236 Å². The first-order chi connectivity index (χ1) is 19.0. The van der Waals surface area contributed by atoms with Crippen molar-refractivity contribution in [3.05, 3.63) is 101 Å². The molecule has 2 heterocycles. The van der Waals surface area contributed by atoms with Crippen molar-refractivity contribution < 1.29 is 36.5 Å². The molecule has 0 aliphatic carbocycles. The number of aliphatic hydroxyl groups is 1. The van der Waals surface area contributed by atoms with Crippen molar-refractivity contribution in [2.45, 2.75) is 42.0 Å². The van der Waals surface area contributed by atoms with Gasteiger partial charge in [0, 0.05) is 21.9 Å². The second kappa shape index (κ2) is 12.8. The first-order valence-corrected chi connectivity index (χ1v) is 13.4. The van der Waals surface area contributed by atoms with Gasteiger partial charge in [0.1, 0.15) is 29.9 Å². The molecule has 2 aromatic carbocycles. The van der Waals surface area contributed by atoms with Crippen molar-refractivity contribution in [3.8, 4) is 0 Å². The van der Waals surface area contributed by atoms with Crippen LogP contribution in [0.3, 0.4) is 0 Å². The van der Waals surface area contributed by atoms with Crippen LogP contribution in [0, 0.1) is 11.6 Å². The lowest BCUT2D eigenvalue weighted by Crippen LogP contribution is -2.43. The molecule has 1 aliphatic rings. The van der Waals surface area contributed by atoms with Crippen molar-refractivity contribution in [3.63, 3.8) is 0 Å². The van der Waals surface area contributed by atoms with Gasteiger partial charge < -0.3 is 14.6 Å². The summed E-state index contributed by atoms with van der Waals surface area (Å²) < 4.78 is 81.6. The summed E-state index contributed by atoms with van der Waals surface area (Å²) in [6.45, 7) is 1.85. The van der Waals surface area contributed by atoms with E-state index in [0.29, 0.717) is 11.1 Å². The third-order valence-corrected chi connectivity index (χ3v) is 7.93. The Hall–Kier alpha value is -2.77. The molecular weight excluding hydrogens is 577 g/mol. The molecule has 1 aromatic heterocycles. The number of thioether (sulfide) groups is 1. The lowest BCUT2D eigenvalue weighted by molar-refractivity contribution is -0.146. The van der Waals surface area contributed by atoms with Crippen molar-refractivity contribution >= 4 is 28.9 Å². The number of nitrogens with zero attached hydrogens (tertiary/aromatic N) is 3. The van der Waals surface area contributed by atoms with Crippen LogP contribution in [0.5, 0.6) is 0 Å². The number of halogens is 6. The van der Waals surface area contributed by atoms with Crippen LogP contribution in [-0.4, -0.2) is 56.1 Å². The number of alkyl halides is 3. The Morgan fingerprint density at radius 1 is 1.18 bits per heavy atom. The molecular formula is C27H25ClF5N3O3S. The summed E-state index contributed by atoms with van der Waals surface area (Å²) in [6.07, 6.45) is 0.689. The Balaban J connectivity index is 1.41. The zero-order valence-electron chi connectivity index (χ0n) is 21.1. The van der Waals surface area contributed by atoms with Crippen LogP contribution < -0.4 is 0 Å². The highest BCUT2D eigenvalue weighted by Gasteiger charge is 2.41. The molecule has 1 N–H and O–H groups in total. The number of aromatic nitrogens is 3. The SMILES string of the molecule is C[C@@H](SC1COC(C=CC=C(c2ccc(Cl)cc2)C(F)(F)F)OC1)[C@](O)(Cn1cncn1)c1ccc(F)cc1F. The van der Waals surface area contributed by atoms with E-state index in [1.165, 1.54) is 71.6 Å². The fourth-order valence-electron chi connectivity index (χ4n) is 4.15. The number of hydrogen-bond donors (Lipinski definition) is 1. The van der Waals surface area contributed by atoms with Crippen LogP contribution in [0.15, 0.2) is 73.3 Å². The first kappa shape index (κ1) is 30.2. The normalized spacial score (nSPS) is 20.9. The second-order valence-electron chi connectivity index (χ2n) is 9.05. The van der Waals surface area contributed by atoms with E-state index < -0.39 is 40.5 Å². The van der Waals surface area contributed by atoms with E-state index in [1.807, 2.05) is 0 Å². The second-order valence-corrected chi connectivity index (χ2v) is 11.1. The van der Waals surface area contributed by atoms with E-state index >= 15 is 0 Å². The van der Waals surface area contributed by atoms with Crippen LogP contribution in [0.1, 0.15) is 18.1 Å². The molecule has 214 valence electrons. The number of rotatable bonds is 9. The Kier molecular flexibility index (Phi) is 9.68. The highest BCUT2D eigenvalue weighted by molar-refractivity contribution is 8.00. The molecule has 6 nitrogen and oxygen atoms in total. The van der Waals surface area contributed by atoms with E-state index in [0.717, 1.165) is 12.1 Å². The third-order valence-electron chi connectivity index (χ3n) is 6.22. The summed E-state index contributed by atoms with van der Waals surface area (Å²) in [5.74, 6) is -1.68. The molecule has 0 unspecified atom stereocenters. The van der Waals surface area contributed by atoms with Crippen LogP contribution in [0.25, 0.3) is 5.57 Å². The molecule has 13 heteroatoms. The quantitative estimate of drug-likeness (QED) is 0.234. The summed E-state index contributed by atoms with van der Waals surface area (Å²) in [4.78, 5) is 3.85. The lowest BCUT2D eigenvalue weighted by Gasteiger charge is -2.37. The molecule has 0 bridgehead atoms. The Morgan fingerprint density at radius 3 is 2.48 bits per heavy atom. The maximum absolute atomic E-state index is 14.7. The summed E-state index contributed by atoms with van der Waals surface area (Å²) in [7, 11) is 0. The minimum absolute atomic E-state index is 0.0338. The van der Waals surface area contributed by atoms with E-state index in [4.69, 9.17) is 21.1 Å². The zero-order valence-corrected chi connectivity index (χ0v) is 22.6. The minimum atomic E-state index is -4.59. The Morgan fingerprint density at radius 2 is 1.88 bits per heavy atom. The maximum atomic E-state index is 14.7. The molecule has 4 rings (SSSR count). The molecule has 1 fully saturated rings. The fourth-order valence-corrected chi connectivity index (χ4v) is 5.60. The van der Waals surface area contributed by atoms with Crippen LogP contribution >= 0.6 is 23.4 Å². The predicted molar refractivity (Wildman–Crippen MR) is 141 cm³/mol. The summed E-state index contributed by atoms with van der Waals surface area (Å²) >= 11 is 7.05. The molecule has 0 saturated carbocycles. The highest BCUT2D eigenvalue weighted by atomic mass is 35.5. The minimum Gasteiger partial charge on any atom is -0.382 e.